The molecule has 2 rings (SSSR count). The molecule has 0 amide bonds. The smallest absolute Gasteiger partial charge is 0.169 e. The maximum Gasteiger partial charge on any atom is 0.169 e. The van der Waals surface area contributed by atoms with E-state index in [4.69, 9.17) is 18.9 Å². The van der Waals surface area contributed by atoms with Crippen molar-refractivity contribution in [2.24, 2.45) is 0 Å². The monoisotopic (exact) mass is 281 g/mol. The standard InChI is InChI=1S/C15H23NO4/c1-3-17-14(18-4-2)11-16-10-12-6-5-7-13-15(12)20-9-8-19-13/h5-7,14,16H,3-4,8-11H2,1-2H3. The third-order valence-electron chi connectivity index (χ3n) is 2.98. The lowest BCUT2D eigenvalue weighted by Gasteiger charge is -2.22. The first kappa shape index (κ1) is 15.1. The SMILES string of the molecule is CCOC(CNCc1cccc2c1OCCO2)OCC. The number of ether oxygens (including phenoxy) is 4. The molecule has 0 saturated heterocycles. The van der Waals surface area contributed by atoms with Crippen molar-refractivity contribution in [1.29, 1.82) is 0 Å². The van der Waals surface area contributed by atoms with Crippen LogP contribution in [0.2, 0.25) is 0 Å². The van der Waals surface area contributed by atoms with Crippen molar-refractivity contribution < 1.29 is 18.9 Å². The number of nitrogens with one attached hydrogen (secondary N) is 1. The van der Waals surface area contributed by atoms with Crippen LogP contribution in [0.5, 0.6) is 11.5 Å². The molecule has 1 aliphatic rings. The second-order valence-electron chi connectivity index (χ2n) is 4.41. The Hall–Kier alpha value is -1.30. The van der Waals surface area contributed by atoms with E-state index < -0.39 is 0 Å². The quantitative estimate of drug-likeness (QED) is 0.738. The van der Waals surface area contributed by atoms with Gasteiger partial charge in [0.2, 0.25) is 0 Å². The van der Waals surface area contributed by atoms with Gasteiger partial charge in [0.05, 0.1) is 0 Å². The van der Waals surface area contributed by atoms with Crippen LogP contribution in [0.4, 0.5) is 0 Å². The Morgan fingerprint density at radius 2 is 1.90 bits per heavy atom. The zero-order chi connectivity index (χ0) is 14.2. The molecule has 5 nitrogen and oxygen atoms in total. The highest BCUT2D eigenvalue weighted by molar-refractivity contribution is 5.47. The molecule has 1 aromatic rings. The normalized spacial score (nSPS) is 13.8. The van der Waals surface area contributed by atoms with E-state index in [2.05, 4.69) is 5.32 Å². The molecule has 0 unspecified atom stereocenters. The van der Waals surface area contributed by atoms with Gasteiger partial charge in [-0.3, -0.25) is 0 Å². The van der Waals surface area contributed by atoms with E-state index in [0.29, 0.717) is 39.5 Å². The minimum atomic E-state index is -0.207. The van der Waals surface area contributed by atoms with Crippen LogP contribution in [0, 0.1) is 0 Å². The summed E-state index contributed by atoms with van der Waals surface area (Å²) >= 11 is 0. The van der Waals surface area contributed by atoms with Crippen molar-refractivity contribution in [3.8, 4) is 11.5 Å². The number of hydrogen-bond donors (Lipinski definition) is 1. The molecular formula is C15H23NO4. The molecule has 0 bridgehead atoms. The second kappa shape index (κ2) is 8.09. The molecule has 0 aromatic heterocycles. The summed E-state index contributed by atoms with van der Waals surface area (Å²) in [7, 11) is 0. The Kier molecular flexibility index (Phi) is 6.11. The van der Waals surface area contributed by atoms with Crippen LogP contribution in [-0.2, 0) is 16.0 Å². The molecule has 112 valence electrons. The van der Waals surface area contributed by atoms with Gasteiger partial charge in [-0.1, -0.05) is 12.1 Å². The molecule has 0 atom stereocenters. The average Bonchev–Trinajstić information content (AvgIpc) is 2.48. The van der Waals surface area contributed by atoms with Gasteiger partial charge >= 0.3 is 0 Å². The van der Waals surface area contributed by atoms with Crippen molar-refractivity contribution in [3.63, 3.8) is 0 Å². The van der Waals surface area contributed by atoms with Crippen molar-refractivity contribution >= 4 is 0 Å². The molecule has 20 heavy (non-hydrogen) atoms. The van der Waals surface area contributed by atoms with Gasteiger partial charge in [-0.25, -0.2) is 0 Å². The number of para-hydroxylation sites is 1. The molecule has 0 spiro atoms. The summed E-state index contributed by atoms with van der Waals surface area (Å²) in [5.74, 6) is 1.66. The predicted octanol–water partition coefficient (Wildman–Crippen LogP) is 1.95. The van der Waals surface area contributed by atoms with Gasteiger partial charge < -0.3 is 24.3 Å². The lowest BCUT2D eigenvalue weighted by atomic mass is 10.1. The Labute approximate surface area is 120 Å². The molecule has 1 aromatic carbocycles. The summed E-state index contributed by atoms with van der Waals surface area (Å²) < 4.78 is 22.2. The number of rotatable bonds is 8. The van der Waals surface area contributed by atoms with E-state index in [1.165, 1.54) is 0 Å². The minimum Gasteiger partial charge on any atom is -0.486 e. The van der Waals surface area contributed by atoms with Crippen molar-refractivity contribution in [2.45, 2.75) is 26.7 Å². The molecule has 1 aliphatic heterocycles. The van der Waals surface area contributed by atoms with Crippen LogP contribution >= 0.6 is 0 Å². The summed E-state index contributed by atoms with van der Waals surface area (Å²) in [4.78, 5) is 0. The second-order valence-corrected chi connectivity index (χ2v) is 4.41. The topological polar surface area (TPSA) is 49.0 Å². The zero-order valence-electron chi connectivity index (χ0n) is 12.2. The fourth-order valence-corrected chi connectivity index (χ4v) is 2.14. The average molecular weight is 281 g/mol. The first-order valence-corrected chi connectivity index (χ1v) is 7.16. The third-order valence-corrected chi connectivity index (χ3v) is 2.98. The van der Waals surface area contributed by atoms with Crippen LogP contribution < -0.4 is 14.8 Å². The van der Waals surface area contributed by atoms with Gasteiger partial charge in [-0.05, 0) is 19.9 Å². The van der Waals surface area contributed by atoms with Gasteiger partial charge in [-0.2, -0.15) is 0 Å². The van der Waals surface area contributed by atoms with E-state index in [-0.39, 0.29) is 6.29 Å². The first-order valence-electron chi connectivity index (χ1n) is 7.16. The summed E-state index contributed by atoms with van der Waals surface area (Å²) in [6, 6.07) is 5.95. The minimum absolute atomic E-state index is 0.207. The summed E-state index contributed by atoms with van der Waals surface area (Å²) in [5, 5.41) is 3.34. The van der Waals surface area contributed by atoms with Crippen LogP contribution in [-0.4, -0.2) is 39.3 Å². The van der Waals surface area contributed by atoms with Crippen LogP contribution in [0.25, 0.3) is 0 Å². The molecule has 0 saturated carbocycles. The molecule has 0 aliphatic carbocycles. The summed E-state index contributed by atoms with van der Waals surface area (Å²) in [6.45, 7) is 7.77. The van der Waals surface area contributed by atoms with Gasteiger partial charge in [0.25, 0.3) is 0 Å². The van der Waals surface area contributed by atoms with E-state index in [1.807, 2.05) is 32.0 Å². The van der Waals surface area contributed by atoms with Crippen molar-refractivity contribution in [2.75, 3.05) is 33.0 Å². The number of benzene rings is 1. The fourth-order valence-electron chi connectivity index (χ4n) is 2.14. The van der Waals surface area contributed by atoms with E-state index >= 15 is 0 Å². The van der Waals surface area contributed by atoms with Gasteiger partial charge in [0, 0.05) is 31.9 Å². The Morgan fingerprint density at radius 3 is 2.65 bits per heavy atom. The lowest BCUT2D eigenvalue weighted by Crippen LogP contribution is -2.31. The first-order chi connectivity index (χ1) is 9.85. The molecular weight excluding hydrogens is 258 g/mol. The number of fused-ring (bicyclic) bond motifs is 1. The van der Waals surface area contributed by atoms with Crippen molar-refractivity contribution in [1.82, 2.24) is 5.32 Å². The van der Waals surface area contributed by atoms with Crippen molar-refractivity contribution in [3.05, 3.63) is 23.8 Å². The van der Waals surface area contributed by atoms with Gasteiger partial charge in [-0.15, -0.1) is 0 Å². The summed E-state index contributed by atoms with van der Waals surface area (Å²) in [6.07, 6.45) is -0.207. The van der Waals surface area contributed by atoms with Crippen LogP contribution in [0.1, 0.15) is 19.4 Å². The highest BCUT2D eigenvalue weighted by Gasteiger charge is 2.15. The van der Waals surface area contributed by atoms with Crippen LogP contribution in [0.3, 0.4) is 0 Å². The van der Waals surface area contributed by atoms with Gasteiger partial charge in [0.15, 0.2) is 17.8 Å². The molecule has 1 N–H and O–H groups in total. The highest BCUT2D eigenvalue weighted by Crippen LogP contribution is 2.33. The van der Waals surface area contributed by atoms with E-state index in [1.54, 1.807) is 0 Å². The van der Waals surface area contributed by atoms with Crippen LogP contribution in [0.15, 0.2) is 18.2 Å². The fraction of sp³-hybridized carbons (Fsp3) is 0.600. The number of hydrogen-bond acceptors (Lipinski definition) is 5. The van der Waals surface area contributed by atoms with E-state index in [0.717, 1.165) is 17.1 Å². The zero-order valence-corrected chi connectivity index (χ0v) is 12.2. The Bertz CT molecular complexity index is 405. The Balaban J connectivity index is 1.87. The maximum atomic E-state index is 5.68. The molecule has 0 radical (unpaired) electrons. The Morgan fingerprint density at radius 1 is 1.15 bits per heavy atom. The maximum absolute atomic E-state index is 5.68. The largest absolute Gasteiger partial charge is 0.486 e. The molecule has 0 fully saturated rings. The van der Waals surface area contributed by atoms with Gasteiger partial charge in [0.1, 0.15) is 13.2 Å². The van der Waals surface area contributed by atoms with E-state index in [9.17, 15) is 0 Å². The third kappa shape index (κ3) is 4.10. The molecule has 1 heterocycles. The predicted molar refractivity (Wildman–Crippen MR) is 76.2 cm³/mol. The summed E-state index contributed by atoms with van der Waals surface area (Å²) in [5.41, 5.74) is 1.09. The highest BCUT2D eigenvalue weighted by atomic mass is 16.7. The lowest BCUT2D eigenvalue weighted by molar-refractivity contribution is -0.133. The molecule has 5 heteroatoms.